The number of fused-ring (bicyclic) bond motifs is 2. The molecule has 0 fully saturated rings. The van der Waals surface area contributed by atoms with Gasteiger partial charge in [0.1, 0.15) is 5.69 Å². The van der Waals surface area contributed by atoms with Crippen molar-refractivity contribution < 1.29 is 4.79 Å². The number of carbonyl (C=O) groups is 1. The largest absolute Gasteiger partial charge is 0.349 e. The molecule has 150 valence electrons. The first-order chi connectivity index (χ1) is 14.7. The van der Waals surface area contributed by atoms with Gasteiger partial charge in [-0.1, -0.05) is 42.5 Å². The number of nitrogens with one attached hydrogen (secondary N) is 2. The second kappa shape index (κ2) is 7.59. The molecule has 5 rings (SSSR count). The van der Waals surface area contributed by atoms with E-state index in [0.717, 1.165) is 46.9 Å². The fourth-order valence-electron chi connectivity index (χ4n) is 3.99. The number of aromatic nitrogens is 4. The van der Waals surface area contributed by atoms with E-state index in [0.29, 0.717) is 24.5 Å². The van der Waals surface area contributed by atoms with E-state index >= 15 is 0 Å². The van der Waals surface area contributed by atoms with Crippen molar-refractivity contribution in [2.45, 2.75) is 25.8 Å². The van der Waals surface area contributed by atoms with E-state index in [-0.39, 0.29) is 11.5 Å². The molecule has 7 heteroatoms. The summed E-state index contributed by atoms with van der Waals surface area (Å²) in [6.45, 7) is 0.648. The molecule has 4 aromatic rings. The minimum atomic E-state index is -0.261. The summed E-state index contributed by atoms with van der Waals surface area (Å²) in [7, 11) is 0. The molecule has 7 nitrogen and oxygen atoms in total. The Morgan fingerprint density at radius 3 is 2.90 bits per heavy atom. The van der Waals surface area contributed by atoms with Crippen LogP contribution in [0.5, 0.6) is 0 Å². The first-order valence-corrected chi connectivity index (χ1v) is 10.1. The standard InChI is InChI=1S/C23H21N5O2/c29-22-13-16-7-4-10-19(16)27-28(22)12-11-24-23(30)21-14-20(25-26-21)18-9-3-6-15-5-1-2-8-17(15)18/h1-3,5-6,8-9,13-14H,4,7,10-12H2,(H,24,30)(H,25,26). The van der Waals surface area contributed by atoms with Gasteiger partial charge in [-0.15, -0.1) is 0 Å². The number of aromatic amines is 1. The molecule has 1 aliphatic rings. The number of carbonyl (C=O) groups excluding carboxylic acids is 1. The van der Waals surface area contributed by atoms with Gasteiger partial charge in [0.2, 0.25) is 0 Å². The minimum absolute atomic E-state index is 0.121. The minimum Gasteiger partial charge on any atom is -0.349 e. The van der Waals surface area contributed by atoms with Crippen LogP contribution in [-0.2, 0) is 19.4 Å². The van der Waals surface area contributed by atoms with E-state index in [4.69, 9.17) is 0 Å². The van der Waals surface area contributed by atoms with Crippen LogP contribution in [0.2, 0.25) is 0 Å². The molecule has 2 aromatic heterocycles. The Kier molecular flexibility index (Phi) is 4.63. The van der Waals surface area contributed by atoms with E-state index in [9.17, 15) is 9.59 Å². The van der Waals surface area contributed by atoms with Gasteiger partial charge in [0.05, 0.1) is 17.9 Å². The SMILES string of the molecule is O=C(NCCn1nc2c(cc1=O)CCC2)c1cc(-c2cccc3ccccc23)n[nH]1. The molecular weight excluding hydrogens is 378 g/mol. The molecule has 0 spiro atoms. The van der Waals surface area contributed by atoms with Crippen LogP contribution in [0.25, 0.3) is 22.0 Å². The van der Waals surface area contributed by atoms with Crippen LogP contribution in [0.1, 0.15) is 28.2 Å². The van der Waals surface area contributed by atoms with Gasteiger partial charge in [0.15, 0.2) is 0 Å². The molecule has 1 aliphatic carbocycles. The lowest BCUT2D eigenvalue weighted by atomic mass is 10.0. The Morgan fingerprint density at radius 1 is 1.10 bits per heavy atom. The van der Waals surface area contributed by atoms with Crippen LogP contribution in [0, 0.1) is 0 Å². The summed E-state index contributed by atoms with van der Waals surface area (Å²) in [4.78, 5) is 24.7. The second-order valence-corrected chi connectivity index (χ2v) is 7.48. The number of hydrogen-bond donors (Lipinski definition) is 2. The predicted octanol–water partition coefficient (Wildman–Crippen LogP) is 2.71. The predicted molar refractivity (Wildman–Crippen MR) is 114 cm³/mol. The Hall–Kier alpha value is -3.74. The van der Waals surface area contributed by atoms with Crippen LogP contribution in [0.15, 0.2) is 59.4 Å². The highest BCUT2D eigenvalue weighted by atomic mass is 16.2. The van der Waals surface area contributed by atoms with Crippen molar-refractivity contribution >= 4 is 16.7 Å². The summed E-state index contributed by atoms with van der Waals surface area (Å²) in [5.74, 6) is -0.261. The zero-order valence-corrected chi connectivity index (χ0v) is 16.4. The number of H-pyrrole nitrogens is 1. The highest BCUT2D eigenvalue weighted by Gasteiger charge is 2.15. The van der Waals surface area contributed by atoms with Crippen LogP contribution in [0.3, 0.4) is 0 Å². The highest BCUT2D eigenvalue weighted by Crippen LogP contribution is 2.27. The summed E-state index contributed by atoms with van der Waals surface area (Å²) in [6, 6.07) is 17.5. The summed E-state index contributed by atoms with van der Waals surface area (Å²) >= 11 is 0. The van der Waals surface area contributed by atoms with Gasteiger partial charge >= 0.3 is 0 Å². The van der Waals surface area contributed by atoms with Gasteiger partial charge in [-0.25, -0.2) is 4.68 Å². The van der Waals surface area contributed by atoms with Crippen LogP contribution >= 0.6 is 0 Å². The molecule has 0 aliphatic heterocycles. The molecule has 0 bridgehead atoms. The average Bonchev–Trinajstić information content (AvgIpc) is 3.43. The third-order valence-electron chi connectivity index (χ3n) is 5.52. The van der Waals surface area contributed by atoms with Gasteiger partial charge in [-0.2, -0.15) is 10.2 Å². The molecule has 2 N–H and O–H groups in total. The summed E-state index contributed by atoms with van der Waals surface area (Å²) in [6.07, 6.45) is 2.88. The fraction of sp³-hybridized carbons (Fsp3) is 0.217. The fourth-order valence-corrected chi connectivity index (χ4v) is 3.99. The second-order valence-electron chi connectivity index (χ2n) is 7.48. The molecule has 0 saturated carbocycles. The van der Waals surface area contributed by atoms with Crippen molar-refractivity contribution in [2.24, 2.45) is 0 Å². The van der Waals surface area contributed by atoms with E-state index in [1.165, 1.54) is 4.68 Å². The quantitative estimate of drug-likeness (QED) is 0.540. The van der Waals surface area contributed by atoms with E-state index in [2.05, 4.69) is 20.6 Å². The van der Waals surface area contributed by atoms with Crippen molar-refractivity contribution in [3.63, 3.8) is 0 Å². The molecule has 2 heterocycles. The molecule has 1 amide bonds. The number of amides is 1. The summed E-state index contributed by atoms with van der Waals surface area (Å²) in [5.41, 5.74) is 4.00. The monoisotopic (exact) mass is 399 g/mol. The first kappa shape index (κ1) is 18.3. The summed E-state index contributed by atoms with van der Waals surface area (Å²) < 4.78 is 1.43. The normalized spacial score (nSPS) is 12.8. The van der Waals surface area contributed by atoms with Crippen molar-refractivity contribution in [3.05, 3.63) is 81.9 Å². The van der Waals surface area contributed by atoms with Crippen molar-refractivity contribution in [1.29, 1.82) is 0 Å². The third kappa shape index (κ3) is 3.39. The average molecular weight is 399 g/mol. The number of benzene rings is 2. The maximum atomic E-state index is 12.5. The molecule has 0 radical (unpaired) electrons. The Labute approximate surface area is 172 Å². The smallest absolute Gasteiger partial charge is 0.269 e. The van der Waals surface area contributed by atoms with Crippen LogP contribution in [0.4, 0.5) is 0 Å². The lowest BCUT2D eigenvalue weighted by Gasteiger charge is -2.07. The molecule has 0 atom stereocenters. The lowest BCUT2D eigenvalue weighted by molar-refractivity contribution is 0.0946. The van der Waals surface area contributed by atoms with Gasteiger partial charge in [-0.05, 0) is 41.7 Å². The van der Waals surface area contributed by atoms with Crippen LogP contribution < -0.4 is 10.9 Å². The van der Waals surface area contributed by atoms with Crippen molar-refractivity contribution in [2.75, 3.05) is 6.54 Å². The number of nitrogens with zero attached hydrogens (tertiary/aromatic N) is 3. The Bertz CT molecular complexity index is 1300. The number of aryl methyl sites for hydroxylation is 2. The number of hydrogen-bond acceptors (Lipinski definition) is 4. The van der Waals surface area contributed by atoms with Gasteiger partial charge in [-0.3, -0.25) is 14.7 Å². The topological polar surface area (TPSA) is 92.7 Å². The molecule has 30 heavy (non-hydrogen) atoms. The first-order valence-electron chi connectivity index (χ1n) is 10.1. The molecule has 2 aromatic carbocycles. The van der Waals surface area contributed by atoms with Crippen molar-refractivity contribution in [3.8, 4) is 11.3 Å². The molecule has 0 unspecified atom stereocenters. The Morgan fingerprint density at radius 2 is 1.97 bits per heavy atom. The Balaban J connectivity index is 1.28. The lowest BCUT2D eigenvalue weighted by Crippen LogP contribution is -2.32. The van der Waals surface area contributed by atoms with Gasteiger partial charge < -0.3 is 5.32 Å². The van der Waals surface area contributed by atoms with E-state index in [1.807, 2.05) is 42.5 Å². The van der Waals surface area contributed by atoms with E-state index in [1.54, 1.807) is 12.1 Å². The summed E-state index contributed by atoms with van der Waals surface area (Å²) in [5, 5.41) is 16.6. The van der Waals surface area contributed by atoms with Gasteiger partial charge in [0.25, 0.3) is 11.5 Å². The highest BCUT2D eigenvalue weighted by molar-refractivity contribution is 5.98. The van der Waals surface area contributed by atoms with E-state index < -0.39 is 0 Å². The van der Waals surface area contributed by atoms with Crippen molar-refractivity contribution in [1.82, 2.24) is 25.3 Å². The molecule has 0 saturated heterocycles. The van der Waals surface area contributed by atoms with Gasteiger partial charge in [0, 0.05) is 18.2 Å². The molecular formula is C23H21N5O2. The maximum Gasteiger partial charge on any atom is 0.269 e. The van der Waals surface area contributed by atoms with Crippen LogP contribution in [-0.4, -0.2) is 32.4 Å². The number of rotatable bonds is 5. The third-order valence-corrected chi connectivity index (χ3v) is 5.52. The maximum absolute atomic E-state index is 12.5. The zero-order chi connectivity index (χ0) is 20.5. The zero-order valence-electron chi connectivity index (χ0n) is 16.4.